The van der Waals surface area contributed by atoms with E-state index in [1.54, 1.807) is 0 Å². The molecule has 3 nitrogen and oxygen atoms in total. The maximum Gasteiger partial charge on any atom is 0.0536 e. The molecule has 2 rings (SSSR count). The van der Waals surface area contributed by atoms with Gasteiger partial charge in [-0.15, -0.1) is 0 Å². The monoisotopic (exact) mass is 255 g/mol. The Morgan fingerprint density at radius 3 is 2.83 bits per heavy atom. The fraction of sp³-hybridized carbons (Fsp3) is 1.00. The molecule has 18 heavy (non-hydrogen) atoms. The Kier molecular flexibility index (Phi) is 5.05. The van der Waals surface area contributed by atoms with Crippen molar-refractivity contribution in [3.8, 4) is 0 Å². The average molecular weight is 255 g/mol. The Bertz CT molecular complexity index is 251. The fourth-order valence-electron chi connectivity index (χ4n) is 3.53. The van der Waals surface area contributed by atoms with E-state index in [1.165, 1.54) is 19.3 Å². The molecular formula is C15H29NO2. The lowest BCUT2D eigenvalue weighted by molar-refractivity contribution is 0.112. The van der Waals surface area contributed by atoms with Crippen molar-refractivity contribution >= 4 is 0 Å². The number of aliphatic hydroxyl groups excluding tert-OH is 1. The first kappa shape index (κ1) is 14.3. The molecule has 0 aromatic carbocycles. The van der Waals surface area contributed by atoms with Gasteiger partial charge in [0.2, 0.25) is 0 Å². The molecule has 1 saturated carbocycles. The van der Waals surface area contributed by atoms with Gasteiger partial charge in [0.05, 0.1) is 6.61 Å². The molecule has 0 radical (unpaired) electrons. The SMILES string of the molecule is CC1CCCC(NCC2(CCO)CCOC2)C1C. The van der Waals surface area contributed by atoms with E-state index >= 15 is 0 Å². The van der Waals surface area contributed by atoms with Crippen molar-refractivity contribution in [2.75, 3.05) is 26.4 Å². The number of rotatable bonds is 5. The van der Waals surface area contributed by atoms with Crippen molar-refractivity contribution in [2.24, 2.45) is 17.3 Å². The minimum atomic E-state index is 0.190. The van der Waals surface area contributed by atoms with Crippen molar-refractivity contribution in [2.45, 2.75) is 52.0 Å². The summed E-state index contributed by atoms with van der Waals surface area (Å²) in [4.78, 5) is 0. The molecule has 4 atom stereocenters. The van der Waals surface area contributed by atoms with E-state index in [2.05, 4.69) is 19.2 Å². The molecule has 2 aliphatic rings. The summed E-state index contributed by atoms with van der Waals surface area (Å²) in [5, 5.41) is 13.0. The summed E-state index contributed by atoms with van der Waals surface area (Å²) in [5.41, 5.74) is 0.190. The van der Waals surface area contributed by atoms with Crippen LogP contribution in [0.1, 0.15) is 46.0 Å². The van der Waals surface area contributed by atoms with Crippen LogP contribution in [-0.4, -0.2) is 37.5 Å². The van der Waals surface area contributed by atoms with Gasteiger partial charge in [-0.3, -0.25) is 0 Å². The van der Waals surface area contributed by atoms with E-state index in [-0.39, 0.29) is 12.0 Å². The molecular weight excluding hydrogens is 226 g/mol. The summed E-state index contributed by atoms with van der Waals surface area (Å²) >= 11 is 0. The lowest BCUT2D eigenvalue weighted by Crippen LogP contribution is -2.46. The Balaban J connectivity index is 1.85. The van der Waals surface area contributed by atoms with Crippen molar-refractivity contribution in [1.82, 2.24) is 5.32 Å². The van der Waals surface area contributed by atoms with Gasteiger partial charge in [0, 0.05) is 31.2 Å². The molecule has 0 bridgehead atoms. The van der Waals surface area contributed by atoms with Crippen molar-refractivity contribution in [3.63, 3.8) is 0 Å². The second-order valence-electron chi connectivity index (χ2n) is 6.53. The number of nitrogens with one attached hydrogen (secondary N) is 1. The van der Waals surface area contributed by atoms with Gasteiger partial charge in [-0.2, -0.15) is 0 Å². The third-order valence-corrected chi connectivity index (χ3v) is 5.27. The highest BCUT2D eigenvalue weighted by atomic mass is 16.5. The van der Waals surface area contributed by atoms with Gasteiger partial charge >= 0.3 is 0 Å². The van der Waals surface area contributed by atoms with Gasteiger partial charge in [-0.25, -0.2) is 0 Å². The van der Waals surface area contributed by atoms with Crippen LogP contribution in [0.5, 0.6) is 0 Å². The highest BCUT2D eigenvalue weighted by Crippen LogP contribution is 2.34. The van der Waals surface area contributed by atoms with Crippen LogP contribution in [0.3, 0.4) is 0 Å². The predicted molar refractivity (Wildman–Crippen MR) is 73.5 cm³/mol. The quantitative estimate of drug-likeness (QED) is 0.791. The molecule has 1 aliphatic heterocycles. The first-order chi connectivity index (χ1) is 8.67. The first-order valence-corrected chi connectivity index (χ1v) is 7.59. The number of hydrogen-bond donors (Lipinski definition) is 2. The molecule has 3 heteroatoms. The molecule has 2 N–H and O–H groups in total. The van der Waals surface area contributed by atoms with Crippen LogP contribution in [0.25, 0.3) is 0 Å². The van der Waals surface area contributed by atoms with Crippen LogP contribution in [0.15, 0.2) is 0 Å². The van der Waals surface area contributed by atoms with Gasteiger partial charge in [-0.1, -0.05) is 26.7 Å². The maximum absolute atomic E-state index is 9.24. The summed E-state index contributed by atoms with van der Waals surface area (Å²) < 4.78 is 5.55. The van der Waals surface area contributed by atoms with Crippen LogP contribution in [0.2, 0.25) is 0 Å². The lowest BCUT2D eigenvalue weighted by Gasteiger charge is -2.37. The van der Waals surface area contributed by atoms with E-state index in [0.717, 1.165) is 44.4 Å². The highest BCUT2D eigenvalue weighted by Gasteiger charge is 2.36. The van der Waals surface area contributed by atoms with Gasteiger partial charge in [-0.05, 0) is 31.1 Å². The Labute approximate surface area is 111 Å². The second kappa shape index (κ2) is 6.36. The molecule has 0 aromatic heterocycles. The van der Waals surface area contributed by atoms with E-state index in [9.17, 15) is 5.11 Å². The summed E-state index contributed by atoms with van der Waals surface area (Å²) in [6, 6.07) is 0.657. The predicted octanol–water partition coefficient (Wildman–Crippen LogP) is 2.19. The zero-order valence-corrected chi connectivity index (χ0v) is 12.0. The van der Waals surface area contributed by atoms with E-state index in [0.29, 0.717) is 6.04 Å². The van der Waals surface area contributed by atoms with E-state index < -0.39 is 0 Å². The van der Waals surface area contributed by atoms with Crippen molar-refractivity contribution in [3.05, 3.63) is 0 Å². The molecule has 1 heterocycles. The zero-order valence-electron chi connectivity index (χ0n) is 12.0. The number of ether oxygens (including phenoxy) is 1. The molecule has 0 amide bonds. The highest BCUT2D eigenvalue weighted by molar-refractivity contribution is 4.89. The summed E-state index contributed by atoms with van der Waals surface area (Å²) in [6.07, 6.45) is 6.01. The minimum absolute atomic E-state index is 0.190. The van der Waals surface area contributed by atoms with Crippen LogP contribution in [-0.2, 0) is 4.74 Å². The average Bonchev–Trinajstić information content (AvgIpc) is 2.81. The molecule has 2 fully saturated rings. The van der Waals surface area contributed by atoms with Crippen molar-refractivity contribution in [1.29, 1.82) is 0 Å². The summed E-state index contributed by atoms with van der Waals surface area (Å²) in [7, 11) is 0. The van der Waals surface area contributed by atoms with Crippen LogP contribution in [0.4, 0.5) is 0 Å². The van der Waals surface area contributed by atoms with E-state index in [4.69, 9.17) is 4.74 Å². The fourth-order valence-corrected chi connectivity index (χ4v) is 3.53. The minimum Gasteiger partial charge on any atom is -0.396 e. The van der Waals surface area contributed by atoms with Gasteiger partial charge in [0.15, 0.2) is 0 Å². The Morgan fingerprint density at radius 1 is 1.33 bits per heavy atom. The third kappa shape index (κ3) is 3.25. The molecule has 1 aliphatic carbocycles. The Hall–Kier alpha value is -0.120. The van der Waals surface area contributed by atoms with Crippen LogP contribution in [0, 0.1) is 17.3 Å². The molecule has 106 valence electrons. The maximum atomic E-state index is 9.24. The van der Waals surface area contributed by atoms with E-state index in [1.807, 2.05) is 0 Å². The molecule has 0 aromatic rings. The van der Waals surface area contributed by atoms with Gasteiger partial charge < -0.3 is 15.2 Å². The third-order valence-electron chi connectivity index (χ3n) is 5.27. The summed E-state index contributed by atoms with van der Waals surface area (Å²) in [6.45, 7) is 7.72. The topological polar surface area (TPSA) is 41.5 Å². The van der Waals surface area contributed by atoms with Crippen molar-refractivity contribution < 1.29 is 9.84 Å². The smallest absolute Gasteiger partial charge is 0.0536 e. The Morgan fingerprint density at radius 2 is 2.17 bits per heavy atom. The molecule has 1 saturated heterocycles. The van der Waals surface area contributed by atoms with Crippen LogP contribution < -0.4 is 5.32 Å². The summed E-state index contributed by atoms with van der Waals surface area (Å²) in [5.74, 6) is 1.61. The number of hydrogen-bond acceptors (Lipinski definition) is 3. The largest absolute Gasteiger partial charge is 0.396 e. The van der Waals surface area contributed by atoms with Gasteiger partial charge in [0.25, 0.3) is 0 Å². The molecule has 4 unspecified atom stereocenters. The molecule has 0 spiro atoms. The second-order valence-corrected chi connectivity index (χ2v) is 6.53. The zero-order chi connectivity index (χ0) is 13.0. The van der Waals surface area contributed by atoms with Crippen LogP contribution >= 0.6 is 0 Å². The van der Waals surface area contributed by atoms with Gasteiger partial charge in [0.1, 0.15) is 0 Å². The standard InChI is InChI=1S/C15H29NO2/c1-12-4-3-5-14(13(12)2)16-10-15(6-8-17)7-9-18-11-15/h12-14,16-17H,3-11H2,1-2H3. The first-order valence-electron chi connectivity index (χ1n) is 7.59. The lowest BCUT2D eigenvalue weighted by atomic mass is 9.77. The normalized spacial score (nSPS) is 41.2. The number of aliphatic hydroxyl groups is 1.